The zero-order valence-electron chi connectivity index (χ0n) is 16.5. The summed E-state index contributed by atoms with van der Waals surface area (Å²) >= 11 is 0. The van der Waals surface area contributed by atoms with Crippen LogP contribution in [0.5, 0.6) is 11.5 Å². The first kappa shape index (κ1) is 22.3. The van der Waals surface area contributed by atoms with Gasteiger partial charge < -0.3 is 20.1 Å². The molecule has 2 N–H and O–H groups in total. The number of guanidine groups is 1. The molecule has 1 heterocycles. The highest BCUT2D eigenvalue weighted by Gasteiger charge is 2.22. The molecule has 28 heavy (non-hydrogen) atoms. The van der Waals surface area contributed by atoms with E-state index in [1.807, 2.05) is 12.1 Å². The molecule has 1 fully saturated rings. The van der Waals surface area contributed by atoms with Crippen molar-refractivity contribution in [3.63, 3.8) is 0 Å². The number of aryl methyl sites for hydroxylation is 1. The number of ether oxygens (including phenoxy) is 2. The Morgan fingerprint density at radius 2 is 2.07 bits per heavy atom. The molecule has 2 aromatic rings. The van der Waals surface area contributed by atoms with Gasteiger partial charge in [-0.2, -0.15) is 0 Å². The van der Waals surface area contributed by atoms with Crippen molar-refractivity contribution in [2.45, 2.75) is 26.3 Å². The average Bonchev–Trinajstić information content (AvgIpc) is 3.52. The Kier molecular flexibility index (Phi) is 9.33. The van der Waals surface area contributed by atoms with Gasteiger partial charge in [-0.05, 0) is 49.4 Å². The Morgan fingerprint density at radius 1 is 1.21 bits per heavy atom. The lowest BCUT2D eigenvalue weighted by molar-refractivity contribution is 0.296. The van der Waals surface area contributed by atoms with Crippen molar-refractivity contribution < 1.29 is 9.47 Å². The van der Waals surface area contributed by atoms with Crippen LogP contribution >= 0.6 is 24.0 Å². The van der Waals surface area contributed by atoms with Crippen molar-refractivity contribution in [2.75, 3.05) is 26.8 Å². The number of hydrogen-bond acceptors (Lipinski definition) is 4. The van der Waals surface area contributed by atoms with Gasteiger partial charge in [-0.25, -0.2) is 0 Å². The minimum absolute atomic E-state index is 0. The molecule has 1 saturated carbocycles. The van der Waals surface area contributed by atoms with Crippen LogP contribution in [0.3, 0.4) is 0 Å². The molecule has 6 nitrogen and oxygen atoms in total. The third-order valence-corrected chi connectivity index (χ3v) is 4.36. The van der Waals surface area contributed by atoms with Crippen LogP contribution < -0.4 is 20.1 Å². The number of benzene rings is 1. The van der Waals surface area contributed by atoms with Gasteiger partial charge in [0.2, 0.25) is 0 Å². The first-order valence-electron chi connectivity index (χ1n) is 9.44. The Bertz CT molecular complexity index is 751. The van der Waals surface area contributed by atoms with E-state index in [1.165, 1.54) is 18.4 Å². The third kappa shape index (κ3) is 7.53. The second kappa shape index (κ2) is 11.7. The van der Waals surface area contributed by atoms with Crippen molar-refractivity contribution in [3.05, 3.63) is 53.9 Å². The molecule has 1 aromatic heterocycles. The molecule has 1 aliphatic carbocycles. The molecule has 0 aliphatic heterocycles. The van der Waals surface area contributed by atoms with Gasteiger partial charge in [-0.1, -0.05) is 12.1 Å². The highest BCUT2D eigenvalue weighted by Crippen LogP contribution is 2.30. The SMILES string of the molecule is CN=C(NCCOc1cccnc1)NCc1ccc(C)cc1OCC1CC1.I. The number of rotatable bonds is 9. The number of aliphatic imine (C=N–C) groups is 1. The highest BCUT2D eigenvalue weighted by atomic mass is 127. The molecule has 1 aromatic carbocycles. The quantitative estimate of drug-likeness (QED) is 0.241. The molecule has 7 heteroatoms. The van der Waals surface area contributed by atoms with Gasteiger partial charge >= 0.3 is 0 Å². The number of pyridine rings is 1. The Labute approximate surface area is 184 Å². The van der Waals surface area contributed by atoms with Gasteiger partial charge in [0.25, 0.3) is 0 Å². The van der Waals surface area contributed by atoms with Crippen LogP contribution in [-0.4, -0.2) is 37.7 Å². The third-order valence-electron chi connectivity index (χ3n) is 4.36. The van der Waals surface area contributed by atoms with Crippen LogP contribution in [0.25, 0.3) is 0 Å². The smallest absolute Gasteiger partial charge is 0.191 e. The summed E-state index contributed by atoms with van der Waals surface area (Å²) in [5.41, 5.74) is 2.34. The fourth-order valence-electron chi connectivity index (χ4n) is 2.60. The van der Waals surface area contributed by atoms with E-state index in [1.54, 1.807) is 19.4 Å². The van der Waals surface area contributed by atoms with Gasteiger partial charge in [0.15, 0.2) is 5.96 Å². The normalized spacial score (nSPS) is 13.4. The number of nitrogens with zero attached hydrogens (tertiary/aromatic N) is 2. The number of aromatic nitrogens is 1. The van der Waals surface area contributed by atoms with E-state index in [0.29, 0.717) is 19.7 Å². The second-order valence-corrected chi connectivity index (χ2v) is 6.76. The van der Waals surface area contributed by atoms with E-state index in [9.17, 15) is 0 Å². The number of hydrogen-bond donors (Lipinski definition) is 2. The lowest BCUT2D eigenvalue weighted by Gasteiger charge is -2.15. The fourth-order valence-corrected chi connectivity index (χ4v) is 2.60. The molecule has 152 valence electrons. The molecule has 0 saturated heterocycles. The van der Waals surface area contributed by atoms with Crippen molar-refractivity contribution in [1.29, 1.82) is 0 Å². The molecular formula is C21H29IN4O2. The van der Waals surface area contributed by atoms with Gasteiger partial charge in [0, 0.05) is 25.4 Å². The molecule has 0 amide bonds. The molecular weight excluding hydrogens is 467 g/mol. The van der Waals surface area contributed by atoms with Crippen LogP contribution in [0.15, 0.2) is 47.7 Å². The summed E-state index contributed by atoms with van der Waals surface area (Å²) in [6.45, 7) is 4.74. The van der Waals surface area contributed by atoms with Crippen molar-refractivity contribution in [1.82, 2.24) is 15.6 Å². The van der Waals surface area contributed by atoms with E-state index >= 15 is 0 Å². The molecule has 3 rings (SSSR count). The summed E-state index contributed by atoms with van der Waals surface area (Å²) in [6, 6.07) is 10.1. The summed E-state index contributed by atoms with van der Waals surface area (Å²) in [6.07, 6.45) is 6.01. The molecule has 0 unspecified atom stereocenters. The summed E-state index contributed by atoms with van der Waals surface area (Å²) in [7, 11) is 1.76. The topological polar surface area (TPSA) is 67.8 Å². The zero-order chi connectivity index (χ0) is 18.9. The minimum atomic E-state index is 0. The van der Waals surface area contributed by atoms with Crippen LogP contribution in [0.2, 0.25) is 0 Å². The molecule has 0 atom stereocenters. The van der Waals surface area contributed by atoms with E-state index in [2.05, 4.69) is 45.7 Å². The largest absolute Gasteiger partial charge is 0.493 e. The van der Waals surface area contributed by atoms with E-state index in [-0.39, 0.29) is 24.0 Å². The van der Waals surface area contributed by atoms with Crippen LogP contribution in [-0.2, 0) is 6.54 Å². The summed E-state index contributed by atoms with van der Waals surface area (Å²) in [5, 5.41) is 6.59. The fraction of sp³-hybridized carbons (Fsp3) is 0.429. The van der Waals surface area contributed by atoms with Gasteiger partial charge in [0.05, 0.1) is 19.3 Å². The van der Waals surface area contributed by atoms with Crippen molar-refractivity contribution in [3.8, 4) is 11.5 Å². The Morgan fingerprint density at radius 3 is 2.79 bits per heavy atom. The van der Waals surface area contributed by atoms with E-state index in [4.69, 9.17) is 9.47 Å². The standard InChI is InChI=1S/C21H28N4O2.HI/c1-16-5-8-18(20(12-16)27-15-17-6-7-17)13-25-21(22-2)24-10-11-26-19-4-3-9-23-14-19;/h3-5,8-9,12,14,17H,6-7,10-11,13,15H2,1-2H3,(H2,22,24,25);1H. The average molecular weight is 496 g/mol. The lowest BCUT2D eigenvalue weighted by Crippen LogP contribution is -2.39. The minimum Gasteiger partial charge on any atom is -0.493 e. The van der Waals surface area contributed by atoms with Gasteiger partial charge in [-0.15, -0.1) is 24.0 Å². The zero-order valence-corrected chi connectivity index (χ0v) is 18.8. The van der Waals surface area contributed by atoms with Crippen LogP contribution in [0.4, 0.5) is 0 Å². The maximum atomic E-state index is 6.03. The maximum absolute atomic E-state index is 6.03. The molecule has 1 aliphatic rings. The monoisotopic (exact) mass is 496 g/mol. The predicted molar refractivity (Wildman–Crippen MR) is 123 cm³/mol. The summed E-state index contributed by atoms with van der Waals surface area (Å²) < 4.78 is 11.7. The Balaban J connectivity index is 0.00000280. The van der Waals surface area contributed by atoms with E-state index < -0.39 is 0 Å². The lowest BCUT2D eigenvalue weighted by atomic mass is 10.1. The highest BCUT2D eigenvalue weighted by molar-refractivity contribution is 14.0. The predicted octanol–water partition coefficient (Wildman–Crippen LogP) is 3.54. The van der Waals surface area contributed by atoms with Crippen LogP contribution in [0.1, 0.15) is 24.0 Å². The molecule has 0 spiro atoms. The number of halogens is 1. The summed E-state index contributed by atoms with van der Waals surface area (Å²) in [4.78, 5) is 8.29. The first-order valence-corrected chi connectivity index (χ1v) is 9.44. The maximum Gasteiger partial charge on any atom is 0.191 e. The second-order valence-electron chi connectivity index (χ2n) is 6.76. The van der Waals surface area contributed by atoms with E-state index in [0.717, 1.165) is 35.5 Å². The number of nitrogens with one attached hydrogen (secondary N) is 2. The van der Waals surface area contributed by atoms with Gasteiger partial charge in [-0.3, -0.25) is 9.98 Å². The Hall–Kier alpha value is -2.03. The van der Waals surface area contributed by atoms with Crippen LogP contribution in [0, 0.1) is 12.8 Å². The van der Waals surface area contributed by atoms with Crippen molar-refractivity contribution >= 4 is 29.9 Å². The van der Waals surface area contributed by atoms with Gasteiger partial charge in [0.1, 0.15) is 18.1 Å². The summed E-state index contributed by atoms with van der Waals surface area (Å²) in [5.74, 6) is 3.20. The molecule has 0 bridgehead atoms. The first-order chi connectivity index (χ1) is 13.2. The molecule has 0 radical (unpaired) electrons. The van der Waals surface area contributed by atoms with Crippen molar-refractivity contribution in [2.24, 2.45) is 10.9 Å².